The summed E-state index contributed by atoms with van der Waals surface area (Å²) in [4.78, 5) is 56.0. The van der Waals surface area contributed by atoms with Gasteiger partial charge in [-0.1, -0.05) is 72.3 Å². The standard InChI is InChI=1S/C34H27NO5/c1-18-15-27(37)30-25(32(18)38)16-24-22(31(30)29-21-10-6-5-9-20(21)11-14-26(29)36)12-13-23-28(24)34(40)35(33(23)39)17-19-7-3-2-4-8-19/h2-12,14-15,23-24,28,31,36H,13,16-17H2,1H3/t23-,24+,28-,31+/m0/s1. The smallest absolute Gasteiger partial charge is 0.234 e. The van der Waals surface area contributed by atoms with E-state index in [4.69, 9.17) is 0 Å². The summed E-state index contributed by atoms with van der Waals surface area (Å²) in [6.45, 7) is 1.84. The van der Waals surface area contributed by atoms with Gasteiger partial charge in [-0.3, -0.25) is 24.1 Å². The summed E-state index contributed by atoms with van der Waals surface area (Å²) in [5.74, 6) is -3.11. The maximum Gasteiger partial charge on any atom is 0.234 e. The Bertz CT molecular complexity index is 1740. The van der Waals surface area contributed by atoms with Gasteiger partial charge in [0.2, 0.25) is 11.8 Å². The quantitative estimate of drug-likeness (QED) is 0.287. The molecular formula is C34H27NO5. The van der Waals surface area contributed by atoms with Crippen molar-refractivity contribution in [3.8, 4) is 5.75 Å². The lowest BCUT2D eigenvalue weighted by Crippen LogP contribution is -2.39. The molecule has 6 heteroatoms. The Kier molecular flexibility index (Phi) is 5.49. The highest BCUT2D eigenvalue weighted by molar-refractivity contribution is 6.24. The molecule has 1 saturated heterocycles. The van der Waals surface area contributed by atoms with E-state index in [0.717, 1.165) is 21.9 Å². The number of Topliss-reactive ketones (excluding diaryl/α,β-unsaturated/α-hetero) is 1. The van der Waals surface area contributed by atoms with E-state index in [1.807, 2.05) is 66.7 Å². The topological polar surface area (TPSA) is 91.8 Å². The van der Waals surface area contributed by atoms with Crippen molar-refractivity contribution in [2.24, 2.45) is 17.8 Å². The highest BCUT2D eigenvalue weighted by atomic mass is 16.3. The molecule has 3 aromatic rings. The van der Waals surface area contributed by atoms with Crippen LogP contribution in [0.25, 0.3) is 10.8 Å². The monoisotopic (exact) mass is 529 g/mol. The second kappa shape index (κ2) is 8.98. The Labute approximate surface area is 231 Å². The van der Waals surface area contributed by atoms with E-state index >= 15 is 0 Å². The number of carbonyl (C=O) groups excluding carboxylic acids is 4. The van der Waals surface area contributed by atoms with Gasteiger partial charge in [-0.15, -0.1) is 0 Å². The summed E-state index contributed by atoms with van der Waals surface area (Å²) in [5.41, 5.74) is 3.41. The number of aromatic hydroxyl groups is 1. The summed E-state index contributed by atoms with van der Waals surface area (Å²) in [5, 5.41) is 12.9. The lowest BCUT2D eigenvalue weighted by molar-refractivity contribution is -0.140. The molecular weight excluding hydrogens is 502 g/mol. The Hall–Kier alpha value is -4.58. The van der Waals surface area contributed by atoms with Gasteiger partial charge in [0, 0.05) is 28.2 Å². The fourth-order valence-electron chi connectivity index (χ4n) is 7.29. The van der Waals surface area contributed by atoms with E-state index in [1.165, 1.54) is 11.0 Å². The van der Waals surface area contributed by atoms with Crippen LogP contribution >= 0.6 is 0 Å². The van der Waals surface area contributed by atoms with Gasteiger partial charge in [0.1, 0.15) is 5.75 Å². The summed E-state index contributed by atoms with van der Waals surface area (Å²) in [7, 11) is 0. The molecule has 0 saturated carbocycles. The number of fused-ring (bicyclic) bond motifs is 4. The van der Waals surface area contributed by atoms with Crippen LogP contribution in [0.2, 0.25) is 0 Å². The minimum atomic E-state index is -0.687. The second-order valence-electron chi connectivity index (χ2n) is 11.2. The number of imide groups is 1. The van der Waals surface area contributed by atoms with Crippen LogP contribution in [0.15, 0.2) is 101 Å². The molecule has 3 aromatic carbocycles. The van der Waals surface area contributed by atoms with Crippen molar-refractivity contribution in [2.45, 2.75) is 32.2 Å². The molecule has 1 N–H and O–H groups in total. The Balaban J connectivity index is 1.39. The van der Waals surface area contributed by atoms with E-state index in [0.29, 0.717) is 28.7 Å². The zero-order chi connectivity index (χ0) is 27.7. The molecule has 0 unspecified atom stereocenters. The minimum absolute atomic E-state index is 0.0327. The Morgan fingerprint density at radius 1 is 0.875 bits per heavy atom. The molecule has 2 amide bonds. The summed E-state index contributed by atoms with van der Waals surface area (Å²) < 4.78 is 0. The zero-order valence-corrected chi connectivity index (χ0v) is 22.0. The minimum Gasteiger partial charge on any atom is -0.508 e. The maximum absolute atomic E-state index is 14.0. The fourth-order valence-corrected chi connectivity index (χ4v) is 7.29. The average molecular weight is 530 g/mol. The lowest BCUT2D eigenvalue weighted by Gasteiger charge is -2.42. The van der Waals surface area contributed by atoms with Crippen LogP contribution in [0.3, 0.4) is 0 Å². The Morgan fingerprint density at radius 2 is 1.62 bits per heavy atom. The van der Waals surface area contributed by atoms with Crippen molar-refractivity contribution < 1.29 is 24.3 Å². The second-order valence-corrected chi connectivity index (χ2v) is 11.2. The number of likely N-dealkylation sites (tertiary alicyclic amines) is 1. The number of hydrogen-bond donors (Lipinski definition) is 1. The van der Waals surface area contributed by atoms with Crippen molar-refractivity contribution in [1.82, 2.24) is 4.90 Å². The first-order chi connectivity index (χ1) is 19.3. The molecule has 0 bridgehead atoms. The highest BCUT2D eigenvalue weighted by Gasteiger charge is 2.56. The van der Waals surface area contributed by atoms with E-state index in [2.05, 4.69) is 0 Å². The third-order valence-electron chi connectivity index (χ3n) is 9.07. The number of rotatable bonds is 3. The number of ketones is 2. The molecule has 4 atom stereocenters. The average Bonchev–Trinajstić information content (AvgIpc) is 3.20. The molecule has 3 aliphatic carbocycles. The van der Waals surface area contributed by atoms with Gasteiger partial charge >= 0.3 is 0 Å². The summed E-state index contributed by atoms with van der Waals surface area (Å²) in [6, 6.07) is 20.5. The van der Waals surface area contributed by atoms with Crippen molar-refractivity contribution in [1.29, 1.82) is 0 Å². The molecule has 6 nitrogen and oxygen atoms in total. The SMILES string of the molecule is CC1=CC(=O)C2=C(C[C@@H]3C(=CC[C@@H]4C(=O)N(Cc5ccccc5)C(=O)[C@@H]43)[C@@H]2c2c(O)ccc3ccccc23)C1=O. The van der Waals surface area contributed by atoms with E-state index in [-0.39, 0.29) is 42.1 Å². The first kappa shape index (κ1) is 24.5. The number of nitrogens with zero attached hydrogens (tertiary/aromatic N) is 1. The molecule has 40 heavy (non-hydrogen) atoms. The van der Waals surface area contributed by atoms with Gasteiger partial charge in [0.25, 0.3) is 0 Å². The van der Waals surface area contributed by atoms with Crippen LogP contribution in [0.5, 0.6) is 5.75 Å². The number of phenolic OH excluding ortho intramolecular Hbond substituents is 1. The van der Waals surface area contributed by atoms with Gasteiger partial charge in [0.15, 0.2) is 11.6 Å². The maximum atomic E-state index is 14.0. The molecule has 0 aromatic heterocycles. The number of phenols is 1. The van der Waals surface area contributed by atoms with Gasteiger partial charge < -0.3 is 5.11 Å². The third kappa shape index (κ3) is 3.48. The molecule has 4 aliphatic rings. The van der Waals surface area contributed by atoms with Crippen molar-refractivity contribution >= 4 is 34.2 Å². The first-order valence-electron chi connectivity index (χ1n) is 13.6. The number of benzene rings is 3. The molecule has 1 fully saturated rings. The number of amides is 2. The predicted molar refractivity (Wildman–Crippen MR) is 149 cm³/mol. The lowest BCUT2D eigenvalue weighted by atomic mass is 9.59. The van der Waals surface area contributed by atoms with Gasteiger partial charge in [-0.2, -0.15) is 0 Å². The molecule has 1 aliphatic heterocycles. The van der Waals surface area contributed by atoms with E-state index in [9.17, 15) is 24.3 Å². The molecule has 0 radical (unpaired) electrons. The number of carbonyl (C=O) groups is 4. The van der Waals surface area contributed by atoms with E-state index < -0.39 is 23.7 Å². The van der Waals surface area contributed by atoms with Crippen molar-refractivity contribution in [3.63, 3.8) is 0 Å². The van der Waals surface area contributed by atoms with Gasteiger partial charge in [-0.05, 0) is 54.2 Å². The Morgan fingerprint density at radius 3 is 2.42 bits per heavy atom. The van der Waals surface area contributed by atoms with Crippen molar-refractivity contribution in [3.05, 3.63) is 112 Å². The normalized spacial score (nSPS) is 26.0. The van der Waals surface area contributed by atoms with Crippen LogP contribution < -0.4 is 0 Å². The first-order valence-corrected chi connectivity index (χ1v) is 13.6. The zero-order valence-electron chi connectivity index (χ0n) is 22.0. The molecule has 198 valence electrons. The van der Waals surface area contributed by atoms with Gasteiger partial charge in [0.05, 0.1) is 18.4 Å². The fraction of sp³-hybridized carbons (Fsp3) is 0.235. The highest BCUT2D eigenvalue weighted by Crippen LogP contribution is 2.57. The number of allylic oxidation sites excluding steroid dienone is 6. The van der Waals surface area contributed by atoms with Crippen LogP contribution in [-0.4, -0.2) is 33.4 Å². The van der Waals surface area contributed by atoms with Crippen LogP contribution in [-0.2, 0) is 25.7 Å². The summed E-state index contributed by atoms with van der Waals surface area (Å²) in [6.07, 6.45) is 3.96. The largest absolute Gasteiger partial charge is 0.508 e. The van der Waals surface area contributed by atoms with Crippen molar-refractivity contribution in [2.75, 3.05) is 0 Å². The van der Waals surface area contributed by atoms with Gasteiger partial charge in [-0.25, -0.2) is 0 Å². The molecule has 1 heterocycles. The van der Waals surface area contributed by atoms with E-state index in [1.54, 1.807) is 13.0 Å². The summed E-state index contributed by atoms with van der Waals surface area (Å²) >= 11 is 0. The molecule has 7 rings (SSSR count). The third-order valence-corrected chi connectivity index (χ3v) is 9.07. The van der Waals surface area contributed by atoms with Crippen LogP contribution in [0.4, 0.5) is 0 Å². The molecule has 0 spiro atoms. The predicted octanol–water partition coefficient (Wildman–Crippen LogP) is 5.18. The number of hydrogen-bond acceptors (Lipinski definition) is 5. The van der Waals surface area contributed by atoms with Crippen LogP contribution in [0.1, 0.15) is 36.8 Å². The van der Waals surface area contributed by atoms with Crippen LogP contribution in [0, 0.1) is 17.8 Å².